The molecular formula is C13H11NO3S. The molecule has 0 saturated carbocycles. The third kappa shape index (κ3) is 1.64. The van der Waals surface area contributed by atoms with Crippen molar-refractivity contribution >= 4 is 22.4 Å². The third-order valence-corrected chi connectivity index (χ3v) is 3.95. The highest BCUT2D eigenvalue weighted by Crippen LogP contribution is 2.33. The Kier molecular flexibility index (Phi) is 2.48. The minimum absolute atomic E-state index is 0.342. The van der Waals surface area contributed by atoms with Crippen molar-refractivity contribution in [2.24, 2.45) is 7.05 Å². The summed E-state index contributed by atoms with van der Waals surface area (Å²) in [6.45, 7) is 0. The molecule has 3 aromatic rings. The number of aryl methyl sites for hydroxylation is 1. The molecule has 0 radical (unpaired) electrons. The number of thiophene rings is 1. The van der Waals surface area contributed by atoms with E-state index in [2.05, 4.69) is 0 Å². The monoisotopic (exact) mass is 261 g/mol. The number of hydrogen-bond acceptors (Lipinski definition) is 4. The lowest BCUT2D eigenvalue weighted by molar-refractivity contribution is 0.427. The average Bonchev–Trinajstić information content (AvgIpc) is 2.95. The molecule has 0 aliphatic carbocycles. The molecule has 0 amide bonds. The van der Waals surface area contributed by atoms with Gasteiger partial charge < -0.3 is 9.15 Å². The van der Waals surface area contributed by atoms with E-state index in [1.807, 2.05) is 30.3 Å². The van der Waals surface area contributed by atoms with Gasteiger partial charge in [0.1, 0.15) is 0 Å². The van der Waals surface area contributed by atoms with Gasteiger partial charge in [-0.1, -0.05) is 17.4 Å². The quantitative estimate of drug-likeness (QED) is 0.712. The summed E-state index contributed by atoms with van der Waals surface area (Å²) in [5.74, 6) is -0.342. The van der Waals surface area contributed by atoms with E-state index in [0.29, 0.717) is 5.58 Å². The van der Waals surface area contributed by atoms with Gasteiger partial charge in [0, 0.05) is 11.9 Å². The van der Waals surface area contributed by atoms with Gasteiger partial charge in [0.05, 0.1) is 12.6 Å². The highest BCUT2D eigenvalue weighted by Gasteiger charge is 2.09. The Morgan fingerprint density at radius 2 is 2.11 bits per heavy atom. The first-order valence-corrected chi connectivity index (χ1v) is 6.24. The molecule has 0 unspecified atom stereocenters. The summed E-state index contributed by atoms with van der Waals surface area (Å²) < 4.78 is 11.8. The third-order valence-electron chi connectivity index (χ3n) is 2.86. The second kappa shape index (κ2) is 4.03. The van der Waals surface area contributed by atoms with Crippen molar-refractivity contribution in [3.8, 4) is 15.5 Å². The van der Waals surface area contributed by atoms with Gasteiger partial charge in [-0.15, -0.1) is 0 Å². The molecule has 0 fully saturated rings. The summed E-state index contributed by atoms with van der Waals surface area (Å²) in [5, 5.41) is 0.861. The molecule has 3 rings (SSSR count). The Labute approximate surface area is 107 Å². The Morgan fingerprint density at radius 3 is 2.83 bits per heavy atom. The largest absolute Gasteiger partial charge is 0.487 e. The highest BCUT2D eigenvalue weighted by molar-refractivity contribution is 7.17. The Morgan fingerprint density at radius 1 is 1.28 bits per heavy atom. The van der Waals surface area contributed by atoms with Gasteiger partial charge in [-0.05, 0) is 29.8 Å². The van der Waals surface area contributed by atoms with Gasteiger partial charge in [0.15, 0.2) is 10.6 Å². The average molecular weight is 261 g/mol. The van der Waals surface area contributed by atoms with Gasteiger partial charge in [-0.2, -0.15) is 0 Å². The topological polar surface area (TPSA) is 44.4 Å². The lowest BCUT2D eigenvalue weighted by Crippen LogP contribution is -2.08. The standard InChI is InChI=1S/C13H11NO3S/c1-14-9-4-3-8(7-10(9)17-13(14)15)11-5-6-12(16-2)18-11/h3-7H,1-2H3. The zero-order chi connectivity index (χ0) is 12.7. The summed E-state index contributed by atoms with van der Waals surface area (Å²) in [6, 6.07) is 9.66. The number of benzene rings is 1. The van der Waals surface area contributed by atoms with Crippen molar-refractivity contribution in [1.29, 1.82) is 0 Å². The predicted molar refractivity (Wildman–Crippen MR) is 71.3 cm³/mol. The lowest BCUT2D eigenvalue weighted by atomic mass is 10.2. The molecule has 0 atom stereocenters. The number of rotatable bonds is 2. The van der Waals surface area contributed by atoms with E-state index in [0.717, 1.165) is 21.0 Å². The number of ether oxygens (including phenoxy) is 1. The lowest BCUT2D eigenvalue weighted by Gasteiger charge is -1.97. The second-order valence-electron chi connectivity index (χ2n) is 3.93. The van der Waals surface area contributed by atoms with E-state index < -0.39 is 0 Å². The van der Waals surface area contributed by atoms with Crippen LogP contribution < -0.4 is 10.5 Å². The van der Waals surface area contributed by atoms with Crippen LogP contribution in [0.25, 0.3) is 21.5 Å². The molecule has 1 aromatic carbocycles. The van der Waals surface area contributed by atoms with Crippen LogP contribution in [-0.2, 0) is 7.05 Å². The first-order valence-electron chi connectivity index (χ1n) is 5.43. The van der Waals surface area contributed by atoms with E-state index in [4.69, 9.17) is 9.15 Å². The molecule has 2 aromatic heterocycles. The number of hydrogen-bond donors (Lipinski definition) is 0. The van der Waals surface area contributed by atoms with Crippen molar-refractivity contribution in [2.45, 2.75) is 0 Å². The van der Waals surface area contributed by atoms with E-state index in [9.17, 15) is 4.79 Å². The highest BCUT2D eigenvalue weighted by atomic mass is 32.1. The summed E-state index contributed by atoms with van der Waals surface area (Å²) in [4.78, 5) is 12.5. The zero-order valence-electron chi connectivity index (χ0n) is 9.97. The van der Waals surface area contributed by atoms with Gasteiger partial charge in [0.2, 0.25) is 0 Å². The number of fused-ring (bicyclic) bond motifs is 1. The fourth-order valence-corrected chi connectivity index (χ4v) is 2.69. The molecular weight excluding hydrogens is 250 g/mol. The van der Waals surface area contributed by atoms with E-state index >= 15 is 0 Å². The Bertz CT molecular complexity index is 766. The first kappa shape index (κ1) is 11.1. The van der Waals surface area contributed by atoms with Crippen LogP contribution in [0.4, 0.5) is 0 Å². The minimum Gasteiger partial charge on any atom is -0.487 e. The van der Waals surface area contributed by atoms with Crippen LogP contribution in [0.5, 0.6) is 5.06 Å². The van der Waals surface area contributed by atoms with Crippen LogP contribution in [0.2, 0.25) is 0 Å². The van der Waals surface area contributed by atoms with Crippen molar-refractivity contribution in [2.75, 3.05) is 7.11 Å². The maximum Gasteiger partial charge on any atom is 0.419 e. The maximum absolute atomic E-state index is 11.4. The van der Waals surface area contributed by atoms with E-state index in [1.54, 1.807) is 25.5 Å². The summed E-state index contributed by atoms with van der Waals surface area (Å²) in [5.41, 5.74) is 2.42. The maximum atomic E-state index is 11.4. The minimum atomic E-state index is -0.342. The summed E-state index contributed by atoms with van der Waals surface area (Å²) in [6.07, 6.45) is 0. The molecule has 0 bridgehead atoms. The Hall–Kier alpha value is -2.01. The molecule has 4 nitrogen and oxygen atoms in total. The molecule has 2 heterocycles. The molecule has 0 saturated heterocycles. The molecule has 0 N–H and O–H groups in total. The van der Waals surface area contributed by atoms with Gasteiger partial charge >= 0.3 is 5.76 Å². The number of nitrogens with zero attached hydrogens (tertiary/aromatic N) is 1. The second-order valence-corrected chi connectivity index (χ2v) is 4.98. The van der Waals surface area contributed by atoms with Gasteiger partial charge in [0.25, 0.3) is 0 Å². The van der Waals surface area contributed by atoms with Crippen LogP contribution in [0, 0.1) is 0 Å². The molecule has 0 aliphatic rings. The molecule has 0 spiro atoms. The molecule has 18 heavy (non-hydrogen) atoms. The molecule has 5 heteroatoms. The van der Waals surface area contributed by atoms with Gasteiger partial charge in [-0.3, -0.25) is 4.57 Å². The number of methoxy groups -OCH3 is 1. The first-order chi connectivity index (χ1) is 8.69. The normalized spacial score (nSPS) is 11.0. The van der Waals surface area contributed by atoms with Gasteiger partial charge in [-0.25, -0.2) is 4.79 Å². The number of oxazole rings is 1. The fourth-order valence-electron chi connectivity index (χ4n) is 1.87. The van der Waals surface area contributed by atoms with Crippen LogP contribution in [-0.4, -0.2) is 11.7 Å². The predicted octanol–water partition coefficient (Wildman–Crippen LogP) is 2.87. The Balaban J connectivity index is 2.16. The zero-order valence-corrected chi connectivity index (χ0v) is 10.8. The number of aromatic nitrogens is 1. The van der Waals surface area contributed by atoms with Crippen LogP contribution in [0.3, 0.4) is 0 Å². The van der Waals surface area contributed by atoms with Crippen LogP contribution in [0.1, 0.15) is 0 Å². The van der Waals surface area contributed by atoms with E-state index in [-0.39, 0.29) is 5.76 Å². The van der Waals surface area contributed by atoms with Crippen LogP contribution >= 0.6 is 11.3 Å². The van der Waals surface area contributed by atoms with Crippen molar-refractivity contribution in [1.82, 2.24) is 4.57 Å². The SMILES string of the molecule is COc1ccc(-c2ccc3c(c2)oc(=O)n3C)s1. The summed E-state index contributed by atoms with van der Waals surface area (Å²) in [7, 11) is 3.34. The molecule has 92 valence electrons. The summed E-state index contributed by atoms with van der Waals surface area (Å²) >= 11 is 1.56. The van der Waals surface area contributed by atoms with Crippen LogP contribution in [0.15, 0.2) is 39.5 Å². The van der Waals surface area contributed by atoms with E-state index in [1.165, 1.54) is 4.57 Å². The smallest absolute Gasteiger partial charge is 0.419 e. The van der Waals surface area contributed by atoms with Crippen molar-refractivity contribution in [3.63, 3.8) is 0 Å². The fraction of sp³-hybridized carbons (Fsp3) is 0.154. The van der Waals surface area contributed by atoms with Crippen molar-refractivity contribution < 1.29 is 9.15 Å². The van der Waals surface area contributed by atoms with Crippen molar-refractivity contribution in [3.05, 3.63) is 40.9 Å². The molecule has 0 aliphatic heterocycles.